The zero-order valence-electron chi connectivity index (χ0n) is 15.1. The number of nitrogens with one attached hydrogen (secondary N) is 1. The molecule has 4 heteroatoms. The largest absolute Gasteiger partial charge is 0.372 e. The van der Waals surface area contributed by atoms with Gasteiger partial charge in [-0.3, -0.25) is 5.10 Å². The summed E-state index contributed by atoms with van der Waals surface area (Å²) in [6.07, 6.45) is 4.42. The topological polar surface area (TPSA) is 35.2 Å². The molecule has 0 aliphatic heterocycles. The Morgan fingerprint density at radius 1 is 1.13 bits per heavy atom. The molecule has 0 aliphatic rings. The molecule has 0 aliphatic carbocycles. The summed E-state index contributed by atoms with van der Waals surface area (Å²) in [6, 6.07) is 9.21. The molecule has 0 radical (unpaired) electrons. The van der Waals surface area contributed by atoms with Crippen molar-refractivity contribution in [3.8, 4) is 11.3 Å². The molecule has 0 spiro atoms. The number of aromatic amines is 1. The molecule has 1 aromatic heterocycles. The molecule has 2 rings (SSSR count). The molecule has 0 amide bonds. The number of H-pyrrole nitrogens is 1. The first kappa shape index (κ1) is 17.5. The van der Waals surface area contributed by atoms with Crippen LogP contribution in [0.3, 0.4) is 0 Å². The molecular weight excluding hydrogens is 284 g/mol. The Hall–Kier alpha value is -1.81. The highest BCUT2D eigenvalue weighted by molar-refractivity contribution is 5.65. The Bertz CT molecular complexity index is 586. The molecule has 0 saturated carbocycles. The van der Waals surface area contributed by atoms with Gasteiger partial charge in [-0.25, -0.2) is 0 Å². The highest BCUT2D eigenvalue weighted by Gasteiger charge is 2.11. The van der Waals surface area contributed by atoms with E-state index in [1.165, 1.54) is 29.7 Å². The lowest BCUT2D eigenvalue weighted by molar-refractivity contribution is 0.321. The second-order valence-corrected chi connectivity index (χ2v) is 6.61. The summed E-state index contributed by atoms with van der Waals surface area (Å²) < 4.78 is 0. The van der Waals surface area contributed by atoms with E-state index < -0.39 is 0 Å². The summed E-state index contributed by atoms with van der Waals surface area (Å²) in [6.45, 7) is 8.69. The quantitative estimate of drug-likeness (QED) is 0.795. The molecule has 4 nitrogen and oxygen atoms in total. The van der Waals surface area contributed by atoms with Crippen LogP contribution in [0.4, 0.5) is 5.69 Å². The Kier molecular flexibility index (Phi) is 6.22. The van der Waals surface area contributed by atoms with E-state index in [1.807, 2.05) is 6.20 Å². The van der Waals surface area contributed by atoms with Crippen molar-refractivity contribution < 1.29 is 0 Å². The van der Waals surface area contributed by atoms with Gasteiger partial charge in [-0.05, 0) is 46.0 Å². The van der Waals surface area contributed by atoms with Crippen molar-refractivity contribution >= 4 is 5.69 Å². The summed E-state index contributed by atoms with van der Waals surface area (Å²) in [4.78, 5) is 4.63. The number of hydrogen-bond donors (Lipinski definition) is 1. The van der Waals surface area contributed by atoms with Crippen molar-refractivity contribution in [3.05, 3.63) is 36.0 Å². The number of rotatable bonds is 8. The molecule has 126 valence electrons. The van der Waals surface area contributed by atoms with Crippen LogP contribution in [0.5, 0.6) is 0 Å². The molecule has 2 aromatic rings. The van der Waals surface area contributed by atoms with E-state index in [9.17, 15) is 0 Å². The van der Waals surface area contributed by atoms with Gasteiger partial charge in [-0.15, -0.1) is 0 Å². The van der Waals surface area contributed by atoms with E-state index in [0.29, 0.717) is 6.04 Å². The first-order chi connectivity index (χ1) is 11.0. The third-order valence-corrected chi connectivity index (χ3v) is 4.39. The fraction of sp³-hybridized carbons (Fsp3) is 0.526. The molecule has 23 heavy (non-hydrogen) atoms. The van der Waals surface area contributed by atoms with Gasteiger partial charge in [0.2, 0.25) is 0 Å². The van der Waals surface area contributed by atoms with Crippen molar-refractivity contribution in [2.24, 2.45) is 0 Å². The van der Waals surface area contributed by atoms with Crippen LogP contribution >= 0.6 is 0 Å². The Balaban J connectivity index is 2.12. The number of nitrogens with zero attached hydrogens (tertiary/aromatic N) is 3. The fourth-order valence-electron chi connectivity index (χ4n) is 2.64. The zero-order chi connectivity index (χ0) is 16.8. The van der Waals surface area contributed by atoms with Crippen LogP contribution in [-0.2, 0) is 6.54 Å². The van der Waals surface area contributed by atoms with Gasteiger partial charge < -0.3 is 9.80 Å². The van der Waals surface area contributed by atoms with Crippen LogP contribution < -0.4 is 4.90 Å². The minimum absolute atomic E-state index is 0.496. The Morgan fingerprint density at radius 3 is 2.43 bits per heavy atom. The summed E-state index contributed by atoms with van der Waals surface area (Å²) >= 11 is 0. The molecular formula is C19H30N4. The number of unbranched alkanes of at least 4 members (excludes halogenated alkanes) is 1. The van der Waals surface area contributed by atoms with E-state index in [2.05, 4.69) is 79.1 Å². The Labute approximate surface area is 140 Å². The molecule has 0 bridgehead atoms. The van der Waals surface area contributed by atoms with Gasteiger partial charge in [-0.2, -0.15) is 5.10 Å². The number of benzene rings is 1. The average Bonchev–Trinajstić information content (AvgIpc) is 3.00. The van der Waals surface area contributed by atoms with Gasteiger partial charge in [0, 0.05) is 36.4 Å². The lowest BCUT2D eigenvalue weighted by Gasteiger charge is -2.24. The van der Waals surface area contributed by atoms with Crippen molar-refractivity contribution in [1.82, 2.24) is 15.1 Å². The van der Waals surface area contributed by atoms with Gasteiger partial charge in [-0.1, -0.05) is 25.5 Å². The average molecular weight is 314 g/mol. The minimum Gasteiger partial charge on any atom is -0.372 e. The van der Waals surface area contributed by atoms with E-state index in [-0.39, 0.29) is 0 Å². The van der Waals surface area contributed by atoms with Crippen molar-refractivity contribution in [2.75, 3.05) is 25.5 Å². The predicted molar refractivity (Wildman–Crippen MR) is 98.8 cm³/mol. The van der Waals surface area contributed by atoms with Gasteiger partial charge >= 0.3 is 0 Å². The van der Waals surface area contributed by atoms with Crippen LogP contribution in [0.2, 0.25) is 0 Å². The smallest absolute Gasteiger partial charge is 0.0695 e. The summed E-state index contributed by atoms with van der Waals surface area (Å²) in [7, 11) is 4.30. The van der Waals surface area contributed by atoms with Crippen LogP contribution in [0.15, 0.2) is 30.5 Å². The highest BCUT2D eigenvalue weighted by Crippen LogP contribution is 2.25. The predicted octanol–water partition coefficient (Wildman–Crippen LogP) is 4.15. The first-order valence-corrected chi connectivity index (χ1v) is 8.57. The van der Waals surface area contributed by atoms with Gasteiger partial charge in [0.1, 0.15) is 0 Å². The highest BCUT2D eigenvalue weighted by atomic mass is 15.1. The first-order valence-electron chi connectivity index (χ1n) is 8.57. The normalized spacial score (nSPS) is 11.4. The van der Waals surface area contributed by atoms with Crippen LogP contribution in [0.25, 0.3) is 11.3 Å². The maximum atomic E-state index is 4.26. The van der Waals surface area contributed by atoms with Crippen molar-refractivity contribution in [2.45, 2.75) is 46.2 Å². The number of aromatic nitrogens is 2. The molecule has 1 aromatic carbocycles. The van der Waals surface area contributed by atoms with E-state index >= 15 is 0 Å². The lowest BCUT2D eigenvalue weighted by Crippen LogP contribution is -2.25. The molecule has 1 heterocycles. The minimum atomic E-state index is 0.496. The third-order valence-electron chi connectivity index (χ3n) is 4.39. The second-order valence-electron chi connectivity index (χ2n) is 6.61. The van der Waals surface area contributed by atoms with E-state index in [0.717, 1.165) is 18.8 Å². The second kappa shape index (κ2) is 8.16. The summed E-state index contributed by atoms with van der Waals surface area (Å²) in [5, 5.41) is 7.42. The molecule has 0 unspecified atom stereocenters. The monoisotopic (exact) mass is 314 g/mol. The SMILES string of the molecule is CCCCN(C)Cc1cn[nH]c1-c1ccc(N(C)C(C)C)cc1. The van der Waals surface area contributed by atoms with Gasteiger partial charge in [0.25, 0.3) is 0 Å². The summed E-state index contributed by atoms with van der Waals surface area (Å²) in [5.41, 5.74) is 4.83. The molecule has 0 saturated heterocycles. The fourth-order valence-corrected chi connectivity index (χ4v) is 2.64. The third kappa shape index (κ3) is 4.58. The van der Waals surface area contributed by atoms with Crippen LogP contribution in [-0.4, -0.2) is 41.8 Å². The van der Waals surface area contributed by atoms with Gasteiger partial charge in [0.15, 0.2) is 0 Å². The molecule has 0 atom stereocenters. The lowest BCUT2D eigenvalue weighted by atomic mass is 10.1. The van der Waals surface area contributed by atoms with Crippen molar-refractivity contribution in [1.29, 1.82) is 0 Å². The van der Waals surface area contributed by atoms with E-state index in [1.54, 1.807) is 0 Å². The number of anilines is 1. The maximum Gasteiger partial charge on any atom is 0.0695 e. The van der Waals surface area contributed by atoms with E-state index in [4.69, 9.17) is 0 Å². The molecule has 0 fully saturated rings. The Morgan fingerprint density at radius 2 is 1.83 bits per heavy atom. The van der Waals surface area contributed by atoms with Crippen molar-refractivity contribution in [3.63, 3.8) is 0 Å². The van der Waals surface area contributed by atoms with Crippen LogP contribution in [0, 0.1) is 0 Å². The van der Waals surface area contributed by atoms with Crippen LogP contribution in [0.1, 0.15) is 39.2 Å². The zero-order valence-corrected chi connectivity index (χ0v) is 15.1. The summed E-state index contributed by atoms with van der Waals surface area (Å²) in [5.74, 6) is 0. The standard InChI is InChI=1S/C19H30N4/c1-6-7-12-22(4)14-17-13-20-21-19(17)16-8-10-18(11-9-16)23(5)15(2)3/h8-11,13,15H,6-7,12,14H2,1-5H3,(H,20,21). The number of hydrogen-bond acceptors (Lipinski definition) is 3. The van der Waals surface area contributed by atoms with Gasteiger partial charge in [0.05, 0.1) is 11.9 Å². The maximum absolute atomic E-state index is 4.26. The molecule has 1 N–H and O–H groups in total.